The number of carbonyl (C=O) groups excluding carboxylic acids is 1. The molecule has 0 spiro atoms. The lowest BCUT2D eigenvalue weighted by molar-refractivity contribution is -0.159. The molecule has 0 aromatic rings. The summed E-state index contributed by atoms with van der Waals surface area (Å²) in [6.45, 7) is 4.61. The van der Waals surface area contributed by atoms with Gasteiger partial charge < -0.3 is 0 Å². The lowest BCUT2D eigenvalue weighted by Gasteiger charge is -2.59. The third kappa shape index (κ3) is 0.908. The Morgan fingerprint density at radius 1 is 1.23 bits per heavy atom. The van der Waals surface area contributed by atoms with Crippen LogP contribution in [0.1, 0.15) is 46.0 Å². The molecule has 72 valence electrons. The molecule has 4 saturated carbocycles. The second-order valence-electron chi connectivity index (χ2n) is 6.32. The van der Waals surface area contributed by atoms with Gasteiger partial charge in [0.1, 0.15) is 5.78 Å². The van der Waals surface area contributed by atoms with Gasteiger partial charge in [-0.25, -0.2) is 0 Å². The van der Waals surface area contributed by atoms with Crippen molar-refractivity contribution in [2.45, 2.75) is 46.0 Å². The number of Topliss-reactive ketones (excluding diaryl/α,β-unsaturated/α-hetero) is 1. The molecule has 4 fully saturated rings. The van der Waals surface area contributed by atoms with E-state index in [0.717, 1.165) is 5.92 Å². The van der Waals surface area contributed by atoms with E-state index in [4.69, 9.17) is 0 Å². The maximum absolute atomic E-state index is 12.0. The van der Waals surface area contributed by atoms with Gasteiger partial charge in [-0.3, -0.25) is 4.79 Å². The molecule has 0 unspecified atom stereocenters. The normalized spacial score (nSPS) is 58.8. The topological polar surface area (TPSA) is 17.1 Å². The largest absolute Gasteiger partial charge is 0.299 e. The molecule has 0 aliphatic heterocycles. The highest BCUT2D eigenvalue weighted by Gasteiger charge is 2.58. The number of hydrogen-bond acceptors (Lipinski definition) is 1. The van der Waals surface area contributed by atoms with Gasteiger partial charge in [0.25, 0.3) is 0 Å². The van der Waals surface area contributed by atoms with E-state index in [0.29, 0.717) is 17.1 Å². The zero-order valence-corrected chi connectivity index (χ0v) is 8.60. The van der Waals surface area contributed by atoms with Crippen LogP contribution in [-0.4, -0.2) is 5.78 Å². The zero-order valence-electron chi connectivity index (χ0n) is 8.60. The summed E-state index contributed by atoms with van der Waals surface area (Å²) in [4.78, 5) is 12.0. The fraction of sp³-hybridized carbons (Fsp3) is 0.917. The zero-order chi connectivity index (χ0) is 9.27. The first kappa shape index (κ1) is 8.02. The van der Waals surface area contributed by atoms with Crippen LogP contribution in [0.15, 0.2) is 0 Å². The van der Waals surface area contributed by atoms with Crippen LogP contribution in [0.3, 0.4) is 0 Å². The van der Waals surface area contributed by atoms with Gasteiger partial charge in [0.2, 0.25) is 0 Å². The molecule has 4 atom stereocenters. The molecule has 0 heterocycles. The fourth-order valence-corrected chi connectivity index (χ4v) is 4.78. The Morgan fingerprint density at radius 3 is 2.62 bits per heavy atom. The predicted molar refractivity (Wildman–Crippen MR) is 51.3 cm³/mol. The number of hydrogen-bond donors (Lipinski definition) is 0. The van der Waals surface area contributed by atoms with E-state index in [2.05, 4.69) is 13.8 Å². The van der Waals surface area contributed by atoms with E-state index in [1.54, 1.807) is 0 Å². The van der Waals surface area contributed by atoms with Gasteiger partial charge >= 0.3 is 0 Å². The molecule has 0 radical (unpaired) electrons. The molecule has 1 nitrogen and oxygen atoms in total. The highest BCUT2D eigenvalue weighted by atomic mass is 16.1. The van der Waals surface area contributed by atoms with Gasteiger partial charge in [-0.05, 0) is 43.4 Å². The summed E-state index contributed by atoms with van der Waals surface area (Å²) in [6.07, 6.45) is 6.16. The molecular formula is C12H18O. The Morgan fingerprint density at radius 2 is 2.00 bits per heavy atom. The third-order valence-corrected chi connectivity index (χ3v) is 4.66. The molecule has 1 heteroatoms. The molecule has 0 aromatic carbocycles. The van der Waals surface area contributed by atoms with Crippen LogP contribution in [0.25, 0.3) is 0 Å². The molecule has 0 amide bonds. The summed E-state index contributed by atoms with van der Waals surface area (Å²) >= 11 is 0. The molecule has 4 bridgehead atoms. The van der Waals surface area contributed by atoms with Gasteiger partial charge in [0, 0.05) is 11.3 Å². The molecule has 13 heavy (non-hydrogen) atoms. The SMILES string of the molecule is C[C@]12C[C@H]3C[C@@H](C1)C(=O)[C@@](C)(C3)C2. The molecule has 0 aromatic heterocycles. The van der Waals surface area contributed by atoms with Gasteiger partial charge in [0.15, 0.2) is 0 Å². The average Bonchev–Trinajstić information content (AvgIpc) is 1.96. The van der Waals surface area contributed by atoms with Crippen molar-refractivity contribution in [2.24, 2.45) is 22.7 Å². The summed E-state index contributed by atoms with van der Waals surface area (Å²) in [7, 11) is 0. The predicted octanol–water partition coefficient (Wildman–Crippen LogP) is 2.79. The summed E-state index contributed by atoms with van der Waals surface area (Å²) in [5.74, 6) is 1.91. The van der Waals surface area contributed by atoms with E-state index >= 15 is 0 Å². The van der Waals surface area contributed by atoms with Crippen LogP contribution in [0, 0.1) is 22.7 Å². The van der Waals surface area contributed by atoms with Crippen LogP contribution in [-0.2, 0) is 4.79 Å². The molecule has 4 rings (SSSR count). The summed E-state index contributed by atoms with van der Waals surface area (Å²) in [5.41, 5.74) is 0.604. The maximum Gasteiger partial charge on any atom is 0.141 e. The number of carbonyl (C=O) groups is 1. The van der Waals surface area contributed by atoms with Gasteiger partial charge in [-0.15, -0.1) is 0 Å². The van der Waals surface area contributed by atoms with Crippen LogP contribution >= 0.6 is 0 Å². The Hall–Kier alpha value is -0.330. The smallest absolute Gasteiger partial charge is 0.141 e. The lowest BCUT2D eigenvalue weighted by Crippen LogP contribution is -2.55. The maximum atomic E-state index is 12.0. The van der Waals surface area contributed by atoms with Crippen molar-refractivity contribution < 1.29 is 4.79 Å². The molecule has 4 aliphatic rings. The van der Waals surface area contributed by atoms with Crippen molar-refractivity contribution >= 4 is 5.78 Å². The minimum atomic E-state index is 0.0822. The van der Waals surface area contributed by atoms with Crippen molar-refractivity contribution in [3.63, 3.8) is 0 Å². The van der Waals surface area contributed by atoms with Gasteiger partial charge in [-0.2, -0.15) is 0 Å². The third-order valence-electron chi connectivity index (χ3n) is 4.66. The van der Waals surface area contributed by atoms with Crippen molar-refractivity contribution in [3.05, 3.63) is 0 Å². The molecular weight excluding hydrogens is 160 g/mol. The Bertz CT molecular complexity index is 283. The number of ketones is 1. The first-order valence-corrected chi connectivity index (χ1v) is 5.55. The fourth-order valence-electron chi connectivity index (χ4n) is 4.78. The van der Waals surface area contributed by atoms with E-state index in [1.807, 2.05) is 0 Å². The minimum absolute atomic E-state index is 0.0822. The van der Waals surface area contributed by atoms with Crippen LogP contribution < -0.4 is 0 Å². The molecule has 0 N–H and O–H groups in total. The van der Waals surface area contributed by atoms with Crippen LogP contribution in [0.4, 0.5) is 0 Å². The van der Waals surface area contributed by atoms with Gasteiger partial charge in [0.05, 0.1) is 0 Å². The Kier molecular flexibility index (Phi) is 1.24. The van der Waals surface area contributed by atoms with E-state index in [1.165, 1.54) is 32.1 Å². The van der Waals surface area contributed by atoms with Crippen molar-refractivity contribution in [2.75, 3.05) is 0 Å². The Balaban J connectivity index is 2.06. The standard InChI is InChI=1S/C12H18O/c1-11-4-8-3-9(6-11)10(13)12(2,5-8)7-11/h8-9H,3-7H2,1-2H3/t8-,9+,11+,12+/m1/s1. The van der Waals surface area contributed by atoms with Crippen molar-refractivity contribution in [3.8, 4) is 0 Å². The number of rotatable bonds is 0. The summed E-state index contributed by atoms with van der Waals surface area (Å²) < 4.78 is 0. The second-order valence-corrected chi connectivity index (χ2v) is 6.32. The van der Waals surface area contributed by atoms with E-state index in [9.17, 15) is 4.79 Å². The van der Waals surface area contributed by atoms with Crippen LogP contribution in [0.2, 0.25) is 0 Å². The van der Waals surface area contributed by atoms with Crippen LogP contribution in [0.5, 0.6) is 0 Å². The van der Waals surface area contributed by atoms with Crippen molar-refractivity contribution in [1.82, 2.24) is 0 Å². The highest BCUT2D eigenvalue weighted by Crippen LogP contribution is 2.63. The minimum Gasteiger partial charge on any atom is -0.299 e. The molecule has 4 aliphatic carbocycles. The van der Waals surface area contributed by atoms with Gasteiger partial charge in [-0.1, -0.05) is 13.8 Å². The average molecular weight is 178 g/mol. The monoisotopic (exact) mass is 178 g/mol. The van der Waals surface area contributed by atoms with E-state index < -0.39 is 0 Å². The first-order chi connectivity index (χ1) is 6.01. The second kappa shape index (κ2) is 2.02. The van der Waals surface area contributed by atoms with E-state index in [-0.39, 0.29) is 5.41 Å². The summed E-state index contributed by atoms with van der Waals surface area (Å²) in [5, 5.41) is 0. The van der Waals surface area contributed by atoms with Crippen molar-refractivity contribution in [1.29, 1.82) is 0 Å². The highest BCUT2D eigenvalue weighted by molar-refractivity contribution is 5.88. The quantitative estimate of drug-likeness (QED) is 0.557. The Labute approximate surface area is 79.9 Å². The summed E-state index contributed by atoms with van der Waals surface area (Å²) in [6, 6.07) is 0. The first-order valence-electron chi connectivity index (χ1n) is 5.55. The molecule has 0 saturated heterocycles. The lowest BCUT2D eigenvalue weighted by atomic mass is 9.45.